The van der Waals surface area contributed by atoms with E-state index in [2.05, 4.69) is 14.9 Å². The number of hydrogen-bond donors (Lipinski definition) is 0. The number of aromatic nitrogens is 2. The topological polar surface area (TPSA) is 38.2 Å². The molecule has 12 heavy (non-hydrogen) atoms. The molecule has 0 radical (unpaired) electrons. The van der Waals surface area contributed by atoms with Crippen LogP contribution >= 0.6 is 0 Å². The monoisotopic (exact) mass is 167 g/mol. The lowest BCUT2D eigenvalue weighted by Gasteiger charge is -2.09. The number of rotatable bonds is 4. The van der Waals surface area contributed by atoms with Crippen molar-refractivity contribution in [3.63, 3.8) is 0 Å². The van der Waals surface area contributed by atoms with Crippen molar-refractivity contribution < 1.29 is 4.74 Å². The molecule has 0 saturated carbocycles. The maximum Gasteiger partial charge on any atom is 0.216 e. The van der Waals surface area contributed by atoms with Crippen LogP contribution in [0.3, 0.4) is 0 Å². The third-order valence-electron chi connectivity index (χ3n) is 1.34. The summed E-state index contributed by atoms with van der Waals surface area (Å²) < 4.78 is 5.32. The normalized spacial score (nSPS) is 10.2. The van der Waals surface area contributed by atoms with Crippen molar-refractivity contribution in [2.24, 2.45) is 0 Å². The van der Waals surface area contributed by atoms with Crippen molar-refractivity contribution in [1.82, 2.24) is 14.9 Å². The van der Waals surface area contributed by atoms with Gasteiger partial charge in [-0.1, -0.05) is 0 Å². The Morgan fingerprint density at radius 2 is 2.33 bits per heavy atom. The van der Waals surface area contributed by atoms with Crippen molar-refractivity contribution in [3.05, 3.63) is 18.6 Å². The first-order valence-corrected chi connectivity index (χ1v) is 3.82. The minimum absolute atomic E-state index is 0.631. The van der Waals surface area contributed by atoms with Crippen molar-refractivity contribution >= 4 is 0 Å². The smallest absolute Gasteiger partial charge is 0.216 e. The zero-order chi connectivity index (χ0) is 8.81. The van der Waals surface area contributed by atoms with E-state index in [4.69, 9.17) is 4.74 Å². The Balaban J connectivity index is 2.25. The molecule has 0 bridgehead atoms. The van der Waals surface area contributed by atoms with Gasteiger partial charge in [0, 0.05) is 18.8 Å². The van der Waals surface area contributed by atoms with E-state index in [1.54, 1.807) is 12.3 Å². The molecule has 0 amide bonds. The predicted octanol–water partition coefficient (Wildman–Crippen LogP) is 0.417. The lowest BCUT2D eigenvalue weighted by atomic mass is 10.6. The van der Waals surface area contributed by atoms with Crippen molar-refractivity contribution in [2.45, 2.75) is 0 Å². The Hall–Kier alpha value is -1.16. The van der Waals surface area contributed by atoms with Crippen LogP contribution in [-0.2, 0) is 0 Å². The molecule has 0 saturated heterocycles. The lowest BCUT2D eigenvalue weighted by molar-refractivity contribution is 0.253. The highest BCUT2D eigenvalue weighted by molar-refractivity contribution is 5.03. The molecule has 0 spiro atoms. The molecule has 4 nitrogen and oxygen atoms in total. The molecule has 0 aliphatic heterocycles. The summed E-state index contributed by atoms with van der Waals surface area (Å²) in [7, 11) is 4.01. The van der Waals surface area contributed by atoms with Crippen molar-refractivity contribution in [1.29, 1.82) is 0 Å². The van der Waals surface area contributed by atoms with Gasteiger partial charge in [0.15, 0.2) is 0 Å². The summed E-state index contributed by atoms with van der Waals surface area (Å²) in [5.74, 6) is 0.631. The maximum absolute atomic E-state index is 5.32. The first-order valence-electron chi connectivity index (χ1n) is 3.82. The fraction of sp³-hybridized carbons (Fsp3) is 0.500. The molecule has 1 heterocycles. The summed E-state index contributed by atoms with van der Waals surface area (Å²) in [6.07, 6.45) is 3.14. The predicted molar refractivity (Wildman–Crippen MR) is 46.1 cm³/mol. The van der Waals surface area contributed by atoms with Crippen LogP contribution in [0, 0.1) is 0 Å². The molecule has 0 aliphatic carbocycles. The second-order valence-corrected chi connectivity index (χ2v) is 2.70. The van der Waals surface area contributed by atoms with Crippen LogP contribution in [-0.4, -0.2) is 42.1 Å². The van der Waals surface area contributed by atoms with Gasteiger partial charge in [0.2, 0.25) is 5.88 Å². The number of likely N-dealkylation sites (N-methyl/N-ethyl adjacent to an activating group) is 1. The van der Waals surface area contributed by atoms with E-state index in [1.165, 1.54) is 6.33 Å². The summed E-state index contributed by atoms with van der Waals surface area (Å²) in [6.45, 7) is 1.55. The molecule has 0 unspecified atom stereocenters. The van der Waals surface area contributed by atoms with Gasteiger partial charge < -0.3 is 9.64 Å². The molecule has 0 aromatic carbocycles. The fourth-order valence-corrected chi connectivity index (χ4v) is 0.697. The van der Waals surface area contributed by atoms with Gasteiger partial charge >= 0.3 is 0 Å². The van der Waals surface area contributed by atoms with Gasteiger partial charge in [0.1, 0.15) is 12.9 Å². The van der Waals surface area contributed by atoms with E-state index in [-0.39, 0.29) is 0 Å². The second kappa shape index (κ2) is 4.66. The van der Waals surface area contributed by atoms with Crippen LogP contribution in [0.1, 0.15) is 0 Å². The molecule has 0 atom stereocenters. The minimum atomic E-state index is 0.631. The van der Waals surface area contributed by atoms with Gasteiger partial charge in [-0.2, -0.15) is 0 Å². The third kappa shape index (κ3) is 3.30. The number of hydrogen-bond acceptors (Lipinski definition) is 4. The molecule has 0 N–H and O–H groups in total. The standard InChI is InChI=1S/C8H13N3O/c1-11(2)5-6-12-8-3-4-9-7-10-8/h3-4,7H,5-6H2,1-2H3. The molecule has 1 aromatic rings. The largest absolute Gasteiger partial charge is 0.476 e. The average Bonchev–Trinajstić information content (AvgIpc) is 2.05. The summed E-state index contributed by atoms with van der Waals surface area (Å²) in [4.78, 5) is 9.77. The fourth-order valence-electron chi connectivity index (χ4n) is 0.697. The van der Waals surface area contributed by atoms with E-state index >= 15 is 0 Å². The summed E-state index contributed by atoms with van der Waals surface area (Å²) in [6, 6.07) is 1.75. The first-order chi connectivity index (χ1) is 5.79. The van der Waals surface area contributed by atoms with Gasteiger partial charge in [-0.15, -0.1) is 0 Å². The Morgan fingerprint density at radius 3 is 2.92 bits per heavy atom. The SMILES string of the molecule is CN(C)CCOc1ccncn1. The van der Waals surface area contributed by atoms with Crippen LogP contribution in [0.5, 0.6) is 5.88 Å². The van der Waals surface area contributed by atoms with Crippen molar-refractivity contribution in [2.75, 3.05) is 27.2 Å². The zero-order valence-electron chi connectivity index (χ0n) is 7.40. The van der Waals surface area contributed by atoms with Gasteiger partial charge in [-0.05, 0) is 14.1 Å². The Morgan fingerprint density at radius 1 is 1.50 bits per heavy atom. The highest BCUT2D eigenvalue weighted by Gasteiger charge is 1.93. The van der Waals surface area contributed by atoms with E-state index in [0.29, 0.717) is 12.5 Å². The second-order valence-electron chi connectivity index (χ2n) is 2.70. The summed E-state index contributed by atoms with van der Waals surface area (Å²) in [5.41, 5.74) is 0. The molecule has 4 heteroatoms. The molecular formula is C8H13N3O. The number of ether oxygens (including phenoxy) is 1. The van der Waals surface area contributed by atoms with E-state index in [0.717, 1.165) is 6.54 Å². The van der Waals surface area contributed by atoms with Gasteiger partial charge in [-0.3, -0.25) is 0 Å². The van der Waals surface area contributed by atoms with Gasteiger partial charge in [0.25, 0.3) is 0 Å². The molecular weight excluding hydrogens is 154 g/mol. The average molecular weight is 167 g/mol. The van der Waals surface area contributed by atoms with Crippen LogP contribution in [0.4, 0.5) is 0 Å². The van der Waals surface area contributed by atoms with E-state index < -0.39 is 0 Å². The Kier molecular flexibility index (Phi) is 3.47. The number of nitrogens with zero attached hydrogens (tertiary/aromatic N) is 3. The lowest BCUT2D eigenvalue weighted by Crippen LogP contribution is -2.19. The highest BCUT2D eigenvalue weighted by Crippen LogP contribution is 2.00. The summed E-state index contributed by atoms with van der Waals surface area (Å²) in [5, 5.41) is 0. The zero-order valence-corrected chi connectivity index (χ0v) is 7.40. The van der Waals surface area contributed by atoms with Crippen LogP contribution in [0.15, 0.2) is 18.6 Å². The van der Waals surface area contributed by atoms with Crippen LogP contribution in [0.25, 0.3) is 0 Å². The van der Waals surface area contributed by atoms with Crippen LogP contribution in [0.2, 0.25) is 0 Å². The van der Waals surface area contributed by atoms with Crippen molar-refractivity contribution in [3.8, 4) is 5.88 Å². The van der Waals surface area contributed by atoms with E-state index in [9.17, 15) is 0 Å². The maximum atomic E-state index is 5.32. The first kappa shape index (κ1) is 8.93. The van der Waals surface area contributed by atoms with E-state index in [1.807, 2.05) is 14.1 Å². The molecule has 1 rings (SSSR count). The minimum Gasteiger partial charge on any atom is -0.476 e. The third-order valence-corrected chi connectivity index (χ3v) is 1.34. The quantitative estimate of drug-likeness (QED) is 0.651. The van der Waals surface area contributed by atoms with Gasteiger partial charge in [-0.25, -0.2) is 9.97 Å². The van der Waals surface area contributed by atoms with Crippen LogP contribution < -0.4 is 4.74 Å². The summed E-state index contributed by atoms with van der Waals surface area (Å²) >= 11 is 0. The highest BCUT2D eigenvalue weighted by atomic mass is 16.5. The Bertz CT molecular complexity index is 213. The Labute approximate surface area is 72.2 Å². The van der Waals surface area contributed by atoms with Gasteiger partial charge in [0.05, 0.1) is 0 Å². The molecule has 66 valence electrons. The molecule has 0 aliphatic rings. The molecule has 0 fully saturated rings. The molecule has 1 aromatic heterocycles.